The van der Waals surface area contributed by atoms with Crippen LogP contribution in [0.2, 0.25) is 0 Å². The summed E-state index contributed by atoms with van der Waals surface area (Å²) in [5, 5.41) is 12.9. The van der Waals surface area contributed by atoms with Crippen LogP contribution in [0.3, 0.4) is 0 Å². The van der Waals surface area contributed by atoms with Gasteiger partial charge in [0.25, 0.3) is 0 Å². The monoisotopic (exact) mass is 265 g/mol. The van der Waals surface area contributed by atoms with E-state index in [4.69, 9.17) is 14.4 Å². The summed E-state index contributed by atoms with van der Waals surface area (Å²) in [6, 6.07) is 12.9. The molecule has 0 spiro atoms. The highest BCUT2D eigenvalue weighted by Crippen LogP contribution is 2.36. The van der Waals surface area contributed by atoms with Gasteiger partial charge >= 0.3 is 0 Å². The largest absolute Gasteiger partial charge is 0.452 e. The third-order valence-electron chi connectivity index (χ3n) is 2.86. The second kappa shape index (κ2) is 4.94. The Labute approximate surface area is 115 Å². The first-order valence-electron chi connectivity index (χ1n) is 6.05. The highest BCUT2D eigenvalue weighted by molar-refractivity contribution is 5.86. The molecule has 0 fully saturated rings. The fraction of sp³-hybridized carbons (Fsp3) is 0.0667. The van der Waals surface area contributed by atoms with E-state index in [1.807, 2.05) is 24.3 Å². The smallest absolute Gasteiger partial charge is 0.247 e. The number of hydrogen-bond acceptors (Lipinski definition) is 5. The first kappa shape index (κ1) is 12.1. The molecule has 0 amide bonds. The van der Waals surface area contributed by atoms with Crippen molar-refractivity contribution < 1.29 is 9.15 Å². The number of aromatic nitrogens is 1. The molecule has 0 radical (unpaired) electrons. The number of fused-ring (bicyclic) bond motifs is 1. The summed E-state index contributed by atoms with van der Waals surface area (Å²) in [5.41, 5.74) is 0.627. The fourth-order valence-electron chi connectivity index (χ4n) is 1.93. The van der Waals surface area contributed by atoms with Crippen molar-refractivity contribution in [3.63, 3.8) is 0 Å². The lowest BCUT2D eigenvalue weighted by Gasteiger charge is -2.05. The second-order valence-electron chi connectivity index (χ2n) is 4.10. The molecule has 1 aromatic carbocycles. The van der Waals surface area contributed by atoms with E-state index < -0.39 is 0 Å². The number of benzene rings is 1. The minimum atomic E-state index is 0.161. The highest BCUT2D eigenvalue weighted by atomic mass is 16.5. The summed E-state index contributed by atoms with van der Waals surface area (Å²) < 4.78 is 11.3. The van der Waals surface area contributed by atoms with E-state index in [1.54, 1.807) is 31.4 Å². The van der Waals surface area contributed by atoms with E-state index in [0.29, 0.717) is 22.9 Å². The number of para-hydroxylation sites is 1. The van der Waals surface area contributed by atoms with Crippen LogP contribution in [0.5, 0.6) is 11.5 Å². The van der Waals surface area contributed by atoms with Crippen molar-refractivity contribution in [2.24, 2.45) is 0 Å². The summed E-state index contributed by atoms with van der Waals surface area (Å²) in [7, 11) is 1.78. The maximum absolute atomic E-state index is 9.15. The normalized spacial score (nSPS) is 10.2. The van der Waals surface area contributed by atoms with Gasteiger partial charge in [0.15, 0.2) is 5.75 Å². The number of nitrogens with zero attached hydrogens (tertiary/aromatic N) is 2. The Balaban J connectivity index is 2.07. The molecule has 2 aromatic heterocycles. The predicted molar refractivity (Wildman–Crippen MR) is 74.8 cm³/mol. The molecule has 3 aromatic rings. The molecule has 0 bridgehead atoms. The first-order valence-corrected chi connectivity index (χ1v) is 6.05. The Hall–Kier alpha value is -3.00. The Morgan fingerprint density at radius 3 is 2.95 bits per heavy atom. The Kier molecular flexibility index (Phi) is 2.98. The molecule has 0 saturated carbocycles. The number of furan rings is 1. The van der Waals surface area contributed by atoms with Crippen LogP contribution in [0, 0.1) is 11.3 Å². The van der Waals surface area contributed by atoms with Gasteiger partial charge in [-0.1, -0.05) is 12.1 Å². The summed E-state index contributed by atoms with van der Waals surface area (Å²) in [6.07, 6.45) is 1.63. The topological polar surface area (TPSA) is 71.1 Å². The standard InChI is InChI=1S/C15H11N3O2/c1-17-14-8-10(6-7-18-14)19-15-11-4-2-3-5-12(11)20-13(15)9-16/h2-8H,1H3,(H,17,18). The number of anilines is 1. The van der Waals surface area contributed by atoms with Gasteiger partial charge in [0, 0.05) is 19.3 Å². The molecule has 5 nitrogen and oxygen atoms in total. The molecule has 0 aliphatic heterocycles. The molecule has 3 rings (SSSR count). The number of pyridine rings is 1. The molecule has 2 heterocycles. The van der Waals surface area contributed by atoms with Crippen LogP contribution in [-0.2, 0) is 0 Å². The van der Waals surface area contributed by atoms with Gasteiger partial charge in [0.2, 0.25) is 5.76 Å². The molecule has 98 valence electrons. The van der Waals surface area contributed by atoms with Crippen LogP contribution in [0.15, 0.2) is 47.0 Å². The summed E-state index contributed by atoms with van der Waals surface area (Å²) in [6.45, 7) is 0. The fourth-order valence-corrected chi connectivity index (χ4v) is 1.93. The van der Waals surface area contributed by atoms with E-state index in [0.717, 1.165) is 5.39 Å². The zero-order valence-electron chi connectivity index (χ0n) is 10.8. The van der Waals surface area contributed by atoms with E-state index in [-0.39, 0.29) is 5.76 Å². The Bertz CT molecular complexity index is 802. The highest BCUT2D eigenvalue weighted by Gasteiger charge is 2.16. The average Bonchev–Trinajstić information content (AvgIpc) is 2.85. The van der Waals surface area contributed by atoms with Gasteiger partial charge < -0.3 is 14.5 Å². The van der Waals surface area contributed by atoms with Crippen molar-refractivity contribution in [3.8, 4) is 17.6 Å². The number of ether oxygens (including phenoxy) is 1. The SMILES string of the molecule is CNc1cc(Oc2c(C#N)oc3ccccc23)ccn1. The molecule has 20 heavy (non-hydrogen) atoms. The van der Waals surface area contributed by atoms with Crippen molar-refractivity contribution in [2.45, 2.75) is 0 Å². The van der Waals surface area contributed by atoms with Gasteiger partial charge in [-0.25, -0.2) is 4.98 Å². The van der Waals surface area contributed by atoms with E-state index >= 15 is 0 Å². The van der Waals surface area contributed by atoms with Gasteiger partial charge in [0.1, 0.15) is 23.2 Å². The number of nitrogens with one attached hydrogen (secondary N) is 1. The van der Waals surface area contributed by atoms with Gasteiger partial charge in [-0.15, -0.1) is 0 Å². The molecule has 5 heteroatoms. The third kappa shape index (κ3) is 2.04. The maximum Gasteiger partial charge on any atom is 0.247 e. The minimum absolute atomic E-state index is 0.161. The van der Waals surface area contributed by atoms with E-state index in [1.165, 1.54) is 0 Å². The molecule has 1 N–H and O–H groups in total. The maximum atomic E-state index is 9.15. The van der Waals surface area contributed by atoms with Crippen LogP contribution in [-0.4, -0.2) is 12.0 Å². The molecular formula is C15H11N3O2. The molecule has 0 atom stereocenters. The lowest BCUT2D eigenvalue weighted by molar-refractivity contribution is 0.466. The van der Waals surface area contributed by atoms with Crippen LogP contribution in [0.4, 0.5) is 5.82 Å². The van der Waals surface area contributed by atoms with Crippen molar-refractivity contribution in [1.29, 1.82) is 5.26 Å². The average molecular weight is 265 g/mol. The molecular weight excluding hydrogens is 254 g/mol. The van der Waals surface area contributed by atoms with E-state index in [2.05, 4.69) is 10.3 Å². The van der Waals surface area contributed by atoms with Crippen LogP contribution in [0.1, 0.15) is 5.76 Å². The zero-order chi connectivity index (χ0) is 13.9. The van der Waals surface area contributed by atoms with Gasteiger partial charge in [-0.3, -0.25) is 0 Å². The van der Waals surface area contributed by atoms with Crippen molar-refractivity contribution in [3.05, 3.63) is 48.4 Å². The van der Waals surface area contributed by atoms with Crippen LogP contribution < -0.4 is 10.1 Å². The number of rotatable bonds is 3. The van der Waals surface area contributed by atoms with E-state index in [9.17, 15) is 0 Å². The van der Waals surface area contributed by atoms with Gasteiger partial charge in [0.05, 0.1) is 5.39 Å². The van der Waals surface area contributed by atoms with Gasteiger partial charge in [-0.2, -0.15) is 5.26 Å². The Morgan fingerprint density at radius 1 is 1.30 bits per heavy atom. The Morgan fingerprint density at radius 2 is 2.15 bits per heavy atom. The van der Waals surface area contributed by atoms with Crippen molar-refractivity contribution in [2.75, 3.05) is 12.4 Å². The number of nitriles is 1. The number of hydrogen-bond donors (Lipinski definition) is 1. The van der Waals surface area contributed by atoms with Crippen molar-refractivity contribution in [1.82, 2.24) is 4.98 Å². The minimum Gasteiger partial charge on any atom is -0.452 e. The quantitative estimate of drug-likeness (QED) is 0.784. The van der Waals surface area contributed by atoms with Crippen molar-refractivity contribution >= 4 is 16.8 Å². The molecule has 0 aliphatic rings. The lowest BCUT2D eigenvalue weighted by Crippen LogP contribution is -1.92. The van der Waals surface area contributed by atoms with Crippen LogP contribution >= 0.6 is 0 Å². The van der Waals surface area contributed by atoms with Crippen LogP contribution in [0.25, 0.3) is 11.0 Å². The third-order valence-corrected chi connectivity index (χ3v) is 2.86. The summed E-state index contributed by atoms with van der Waals surface area (Å²) >= 11 is 0. The second-order valence-corrected chi connectivity index (χ2v) is 4.10. The zero-order valence-corrected chi connectivity index (χ0v) is 10.8. The predicted octanol–water partition coefficient (Wildman–Crippen LogP) is 3.53. The summed E-state index contributed by atoms with van der Waals surface area (Å²) in [4.78, 5) is 4.11. The molecule has 0 unspecified atom stereocenters. The molecule has 0 saturated heterocycles. The van der Waals surface area contributed by atoms with Gasteiger partial charge in [-0.05, 0) is 18.2 Å². The summed E-state index contributed by atoms with van der Waals surface area (Å²) in [5.74, 6) is 1.87. The first-order chi connectivity index (χ1) is 9.81. The molecule has 0 aliphatic carbocycles. The lowest BCUT2D eigenvalue weighted by atomic mass is 10.2.